The molecule has 162 valence electrons. The average Bonchev–Trinajstić information content (AvgIpc) is 2.69. The fourth-order valence-corrected chi connectivity index (χ4v) is 2.66. The number of halogens is 2. The van der Waals surface area contributed by atoms with Gasteiger partial charge < -0.3 is 25.8 Å². The summed E-state index contributed by atoms with van der Waals surface area (Å²) in [4.78, 5) is 12.2. The molecule has 2 aromatic carbocycles. The average molecular weight is 444 g/mol. The normalized spacial score (nSPS) is 10.8. The zero-order chi connectivity index (χ0) is 19.3. The number of rotatable bonds is 11. The van der Waals surface area contributed by atoms with Crippen LogP contribution in [0.5, 0.6) is 5.75 Å². The number of carbonyl (C=O) groups excluding carboxylic acids is 1. The van der Waals surface area contributed by atoms with Crippen molar-refractivity contribution in [1.29, 1.82) is 0 Å². The lowest BCUT2D eigenvalue weighted by Crippen LogP contribution is -2.44. The van der Waals surface area contributed by atoms with Gasteiger partial charge in [-0.3, -0.25) is 0 Å². The van der Waals surface area contributed by atoms with Gasteiger partial charge in [-0.05, 0) is 36.6 Å². The molecule has 2 aromatic rings. The Kier molecular flexibility index (Phi) is 14.8. The zero-order valence-corrected chi connectivity index (χ0v) is 18.3. The van der Waals surface area contributed by atoms with Crippen molar-refractivity contribution in [3.8, 4) is 5.75 Å². The topological polar surface area (TPSA) is 85.6 Å². The standard InChI is InChI=1S/C21H29N3O3.2ClH/c1-2-26-20-10-8-17(9-11-20)14-19(15-23-13-12-22)24-21(25)27-16-18-6-4-3-5-7-18;;/h3-11,19,23H,2,12-16,22H2,1H3,(H,24,25);2*1H/t19-;;/m0../s1. The third-order valence-corrected chi connectivity index (χ3v) is 3.96. The van der Waals surface area contributed by atoms with Crippen LogP contribution in [-0.2, 0) is 17.8 Å². The van der Waals surface area contributed by atoms with Crippen molar-refractivity contribution in [3.63, 3.8) is 0 Å². The maximum atomic E-state index is 12.2. The van der Waals surface area contributed by atoms with Crippen molar-refractivity contribution in [2.75, 3.05) is 26.2 Å². The summed E-state index contributed by atoms with van der Waals surface area (Å²) >= 11 is 0. The Morgan fingerprint density at radius 1 is 1.03 bits per heavy atom. The lowest BCUT2D eigenvalue weighted by Gasteiger charge is -2.19. The number of carbonyl (C=O) groups is 1. The second kappa shape index (κ2) is 15.9. The highest BCUT2D eigenvalue weighted by molar-refractivity contribution is 5.85. The summed E-state index contributed by atoms with van der Waals surface area (Å²) in [5.74, 6) is 0.842. The molecule has 4 N–H and O–H groups in total. The first-order valence-electron chi connectivity index (χ1n) is 9.31. The van der Waals surface area contributed by atoms with Gasteiger partial charge in [0.2, 0.25) is 0 Å². The summed E-state index contributed by atoms with van der Waals surface area (Å²) in [6.45, 7) is 4.70. The SMILES string of the molecule is CCOc1ccc(C[C@@H](CNCCN)NC(=O)OCc2ccccc2)cc1.Cl.Cl. The highest BCUT2D eigenvalue weighted by Crippen LogP contribution is 2.13. The minimum absolute atomic E-state index is 0. The first-order valence-corrected chi connectivity index (χ1v) is 9.31. The van der Waals surface area contributed by atoms with Crippen molar-refractivity contribution in [2.24, 2.45) is 5.73 Å². The van der Waals surface area contributed by atoms with Crippen LogP contribution < -0.4 is 21.1 Å². The Bertz CT molecular complexity index is 673. The van der Waals surface area contributed by atoms with Crippen LogP contribution in [0.2, 0.25) is 0 Å². The molecule has 0 unspecified atom stereocenters. The van der Waals surface area contributed by atoms with Crippen LogP contribution in [0.1, 0.15) is 18.1 Å². The van der Waals surface area contributed by atoms with Gasteiger partial charge in [-0.1, -0.05) is 42.5 Å². The number of ether oxygens (including phenoxy) is 2. The van der Waals surface area contributed by atoms with Crippen molar-refractivity contribution < 1.29 is 14.3 Å². The van der Waals surface area contributed by atoms with E-state index in [1.165, 1.54) is 0 Å². The second-order valence-corrected chi connectivity index (χ2v) is 6.18. The van der Waals surface area contributed by atoms with Crippen LogP contribution in [0.3, 0.4) is 0 Å². The van der Waals surface area contributed by atoms with Gasteiger partial charge >= 0.3 is 6.09 Å². The Morgan fingerprint density at radius 2 is 1.72 bits per heavy atom. The van der Waals surface area contributed by atoms with Crippen LogP contribution in [0, 0.1) is 0 Å². The predicted molar refractivity (Wildman–Crippen MR) is 121 cm³/mol. The number of alkyl carbamates (subject to hydrolysis) is 1. The van der Waals surface area contributed by atoms with Gasteiger partial charge in [-0.25, -0.2) is 4.79 Å². The fraction of sp³-hybridized carbons (Fsp3) is 0.381. The van der Waals surface area contributed by atoms with E-state index < -0.39 is 6.09 Å². The summed E-state index contributed by atoms with van der Waals surface area (Å²) in [5, 5.41) is 6.18. The van der Waals surface area contributed by atoms with Gasteiger partial charge in [-0.2, -0.15) is 0 Å². The highest BCUT2D eigenvalue weighted by Gasteiger charge is 2.14. The Labute approximate surface area is 185 Å². The molecule has 0 radical (unpaired) electrons. The molecule has 1 atom stereocenters. The van der Waals surface area contributed by atoms with E-state index in [1.54, 1.807) is 0 Å². The molecule has 0 saturated carbocycles. The molecule has 0 spiro atoms. The lowest BCUT2D eigenvalue weighted by atomic mass is 10.1. The number of hydrogen-bond donors (Lipinski definition) is 3. The van der Waals surface area contributed by atoms with Crippen molar-refractivity contribution in [2.45, 2.75) is 26.0 Å². The number of benzene rings is 2. The second-order valence-electron chi connectivity index (χ2n) is 6.18. The van der Waals surface area contributed by atoms with E-state index >= 15 is 0 Å². The molecule has 2 rings (SSSR count). The first kappa shape index (κ1) is 27.0. The predicted octanol–water partition coefficient (Wildman–Crippen LogP) is 3.31. The van der Waals surface area contributed by atoms with Gasteiger partial charge in [0.25, 0.3) is 0 Å². The molecule has 1 amide bonds. The summed E-state index contributed by atoms with van der Waals surface area (Å²) in [6, 6.07) is 17.4. The molecular weight excluding hydrogens is 413 g/mol. The number of hydrogen-bond acceptors (Lipinski definition) is 5. The fourth-order valence-electron chi connectivity index (χ4n) is 2.66. The smallest absolute Gasteiger partial charge is 0.407 e. The van der Waals surface area contributed by atoms with Crippen LogP contribution in [-0.4, -0.2) is 38.4 Å². The van der Waals surface area contributed by atoms with Crippen molar-refractivity contribution >= 4 is 30.9 Å². The number of amides is 1. The molecule has 29 heavy (non-hydrogen) atoms. The van der Waals surface area contributed by atoms with Gasteiger partial charge in [-0.15, -0.1) is 24.8 Å². The van der Waals surface area contributed by atoms with Gasteiger partial charge in [0.15, 0.2) is 0 Å². The van der Waals surface area contributed by atoms with E-state index in [9.17, 15) is 4.79 Å². The van der Waals surface area contributed by atoms with Crippen LogP contribution in [0.25, 0.3) is 0 Å². The van der Waals surface area contributed by atoms with E-state index in [2.05, 4.69) is 10.6 Å². The molecule has 0 aliphatic heterocycles. The molecule has 0 heterocycles. The first-order chi connectivity index (χ1) is 13.2. The summed E-state index contributed by atoms with van der Waals surface area (Å²) < 4.78 is 10.8. The zero-order valence-electron chi connectivity index (χ0n) is 16.6. The molecule has 6 nitrogen and oxygen atoms in total. The molecular formula is C21H31Cl2N3O3. The van der Waals surface area contributed by atoms with E-state index in [0.29, 0.717) is 32.7 Å². The maximum absolute atomic E-state index is 12.2. The summed E-state index contributed by atoms with van der Waals surface area (Å²) in [7, 11) is 0. The Morgan fingerprint density at radius 3 is 2.34 bits per heavy atom. The Balaban J connectivity index is 0.00000392. The largest absolute Gasteiger partial charge is 0.494 e. The molecule has 0 bridgehead atoms. The van der Waals surface area contributed by atoms with Crippen LogP contribution >= 0.6 is 24.8 Å². The molecule has 0 aliphatic rings. The lowest BCUT2D eigenvalue weighted by molar-refractivity contribution is 0.135. The summed E-state index contributed by atoms with van der Waals surface area (Å²) in [6.07, 6.45) is 0.258. The van der Waals surface area contributed by atoms with Crippen molar-refractivity contribution in [1.82, 2.24) is 10.6 Å². The third kappa shape index (κ3) is 10.9. The van der Waals surface area contributed by atoms with E-state index in [-0.39, 0.29) is 37.5 Å². The monoisotopic (exact) mass is 443 g/mol. The highest BCUT2D eigenvalue weighted by atomic mass is 35.5. The van der Waals surface area contributed by atoms with Crippen molar-refractivity contribution in [3.05, 3.63) is 65.7 Å². The molecule has 0 aliphatic carbocycles. The molecule has 0 fully saturated rings. The van der Waals surface area contributed by atoms with Crippen LogP contribution in [0.4, 0.5) is 4.79 Å². The molecule has 8 heteroatoms. The molecule has 0 saturated heterocycles. The van der Waals surface area contributed by atoms with Gasteiger partial charge in [0.05, 0.1) is 6.61 Å². The molecule has 0 aromatic heterocycles. The quantitative estimate of drug-likeness (QED) is 0.463. The third-order valence-electron chi connectivity index (χ3n) is 3.96. The van der Waals surface area contributed by atoms with E-state index in [0.717, 1.165) is 16.9 Å². The number of nitrogens with two attached hydrogens (primary N) is 1. The number of nitrogens with one attached hydrogen (secondary N) is 2. The summed E-state index contributed by atoms with van der Waals surface area (Å²) in [5.41, 5.74) is 7.61. The van der Waals surface area contributed by atoms with Gasteiger partial charge in [0, 0.05) is 25.7 Å². The van der Waals surface area contributed by atoms with E-state index in [1.807, 2.05) is 61.5 Å². The van der Waals surface area contributed by atoms with E-state index in [4.69, 9.17) is 15.2 Å². The Hall–Kier alpha value is -1.99. The van der Waals surface area contributed by atoms with Crippen LogP contribution in [0.15, 0.2) is 54.6 Å². The van der Waals surface area contributed by atoms with Gasteiger partial charge in [0.1, 0.15) is 12.4 Å². The minimum Gasteiger partial charge on any atom is -0.494 e. The minimum atomic E-state index is -0.427. The maximum Gasteiger partial charge on any atom is 0.407 e.